The monoisotopic (exact) mass is 272 g/mol. The molecule has 110 valence electrons. The van der Waals surface area contributed by atoms with Crippen molar-refractivity contribution in [1.29, 1.82) is 0 Å². The highest BCUT2D eigenvalue weighted by molar-refractivity contribution is 5.16. The van der Waals surface area contributed by atoms with E-state index in [0.29, 0.717) is 6.04 Å². The Kier molecular flexibility index (Phi) is 4.42. The molecule has 2 heterocycles. The predicted molar refractivity (Wildman–Crippen MR) is 85.0 cm³/mol. The molecule has 2 aliphatic rings. The van der Waals surface area contributed by atoms with Crippen molar-refractivity contribution >= 4 is 0 Å². The van der Waals surface area contributed by atoms with Gasteiger partial charge >= 0.3 is 0 Å². The molecule has 20 heavy (non-hydrogen) atoms. The van der Waals surface area contributed by atoms with Crippen molar-refractivity contribution in [2.45, 2.75) is 69.6 Å². The first kappa shape index (κ1) is 14.1. The Balaban J connectivity index is 1.69. The molecule has 0 amide bonds. The van der Waals surface area contributed by atoms with E-state index < -0.39 is 0 Å². The van der Waals surface area contributed by atoms with Gasteiger partial charge < -0.3 is 5.32 Å². The normalized spacial score (nSPS) is 32.0. The van der Waals surface area contributed by atoms with E-state index in [1.807, 2.05) is 0 Å². The summed E-state index contributed by atoms with van der Waals surface area (Å²) in [4.78, 5) is 2.85. The van der Waals surface area contributed by atoms with E-state index in [1.165, 1.54) is 44.1 Å². The van der Waals surface area contributed by atoms with E-state index in [1.54, 1.807) is 0 Å². The lowest BCUT2D eigenvalue weighted by atomic mass is 9.80. The summed E-state index contributed by atoms with van der Waals surface area (Å²) < 4.78 is 0. The minimum Gasteiger partial charge on any atom is -0.317 e. The Morgan fingerprint density at radius 1 is 1.15 bits per heavy atom. The van der Waals surface area contributed by atoms with Gasteiger partial charge in [0.25, 0.3) is 0 Å². The zero-order valence-electron chi connectivity index (χ0n) is 12.9. The molecular formula is C18H28N2. The van der Waals surface area contributed by atoms with E-state index >= 15 is 0 Å². The van der Waals surface area contributed by atoms with Gasteiger partial charge in [0.1, 0.15) is 0 Å². The van der Waals surface area contributed by atoms with Gasteiger partial charge in [-0.1, -0.05) is 36.8 Å². The Morgan fingerprint density at radius 3 is 2.40 bits per heavy atom. The summed E-state index contributed by atoms with van der Waals surface area (Å²) in [6.07, 6.45) is 8.10. The fraction of sp³-hybridized carbons (Fsp3) is 0.667. The zero-order valence-corrected chi connectivity index (χ0v) is 12.9. The van der Waals surface area contributed by atoms with Crippen molar-refractivity contribution in [3.63, 3.8) is 0 Å². The first-order chi connectivity index (χ1) is 9.78. The van der Waals surface area contributed by atoms with Crippen LogP contribution in [0, 0.1) is 0 Å². The smallest absolute Gasteiger partial charge is 0.0116 e. The molecule has 3 unspecified atom stereocenters. The van der Waals surface area contributed by atoms with Gasteiger partial charge in [-0.15, -0.1) is 0 Å². The highest BCUT2D eigenvalue weighted by Crippen LogP contribution is 2.36. The van der Waals surface area contributed by atoms with Gasteiger partial charge in [0, 0.05) is 24.2 Å². The van der Waals surface area contributed by atoms with E-state index in [-0.39, 0.29) is 0 Å². The largest absolute Gasteiger partial charge is 0.317 e. The van der Waals surface area contributed by atoms with Crippen LogP contribution < -0.4 is 5.32 Å². The molecule has 0 aromatic heterocycles. The van der Waals surface area contributed by atoms with E-state index in [2.05, 4.69) is 54.5 Å². The Labute approximate surface area is 123 Å². The number of benzene rings is 1. The van der Waals surface area contributed by atoms with Crippen LogP contribution in [0.3, 0.4) is 0 Å². The van der Waals surface area contributed by atoms with Crippen LogP contribution in [0.1, 0.15) is 44.6 Å². The average molecular weight is 272 g/mol. The van der Waals surface area contributed by atoms with E-state index in [4.69, 9.17) is 0 Å². The number of hydrogen-bond donors (Lipinski definition) is 1. The summed E-state index contributed by atoms with van der Waals surface area (Å²) in [6.45, 7) is 2.43. The molecule has 3 atom stereocenters. The SMILES string of the molecule is CNC1CC2CCCC(C1)N2C(C)Cc1ccccc1. The first-order valence-electron chi connectivity index (χ1n) is 8.26. The lowest BCUT2D eigenvalue weighted by Crippen LogP contribution is -2.59. The summed E-state index contributed by atoms with van der Waals surface area (Å²) in [5, 5.41) is 3.52. The highest BCUT2D eigenvalue weighted by atomic mass is 15.2. The fourth-order valence-corrected chi connectivity index (χ4v) is 4.43. The quantitative estimate of drug-likeness (QED) is 0.905. The molecule has 1 aromatic carbocycles. The topological polar surface area (TPSA) is 15.3 Å². The van der Waals surface area contributed by atoms with Gasteiger partial charge in [-0.05, 0) is 51.6 Å². The third kappa shape index (κ3) is 2.91. The second-order valence-electron chi connectivity index (χ2n) is 6.68. The third-order valence-electron chi connectivity index (χ3n) is 5.32. The molecule has 2 bridgehead atoms. The standard InChI is InChI=1S/C18H28N2/c1-14(11-15-7-4-3-5-8-15)20-17-9-6-10-18(20)13-16(12-17)19-2/h3-5,7-8,14,16-19H,6,9-13H2,1-2H3. The van der Waals surface area contributed by atoms with Crippen molar-refractivity contribution in [2.24, 2.45) is 0 Å². The summed E-state index contributed by atoms with van der Waals surface area (Å²) in [6, 6.07) is 14.0. The molecule has 0 aliphatic carbocycles. The predicted octanol–water partition coefficient (Wildman–Crippen LogP) is 3.22. The molecule has 1 aromatic rings. The van der Waals surface area contributed by atoms with Crippen LogP contribution in [0.4, 0.5) is 0 Å². The highest BCUT2D eigenvalue weighted by Gasteiger charge is 2.39. The van der Waals surface area contributed by atoms with Crippen LogP contribution >= 0.6 is 0 Å². The summed E-state index contributed by atoms with van der Waals surface area (Å²) in [5.41, 5.74) is 1.48. The van der Waals surface area contributed by atoms with Gasteiger partial charge in [-0.2, -0.15) is 0 Å². The lowest BCUT2D eigenvalue weighted by Gasteiger charge is -2.51. The Hall–Kier alpha value is -0.860. The van der Waals surface area contributed by atoms with Crippen molar-refractivity contribution in [3.8, 4) is 0 Å². The molecule has 2 fully saturated rings. The molecule has 2 aliphatic heterocycles. The molecule has 2 heteroatoms. The second kappa shape index (κ2) is 6.28. The van der Waals surface area contributed by atoms with Crippen molar-refractivity contribution in [3.05, 3.63) is 35.9 Å². The van der Waals surface area contributed by atoms with Crippen molar-refractivity contribution < 1.29 is 0 Å². The maximum Gasteiger partial charge on any atom is 0.0116 e. The second-order valence-corrected chi connectivity index (χ2v) is 6.68. The molecule has 2 nitrogen and oxygen atoms in total. The first-order valence-corrected chi connectivity index (χ1v) is 8.26. The summed E-state index contributed by atoms with van der Waals surface area (Å²) in [7, 11) is 2.13. The maximum atomic E-state index is 3.52. The Morgan fingerprint density at radius 2 is 1.80 bits per heavy atom. The number of nitrogens with zero attached hydrogens (tertiary/aromatic N) is 1. The fourth-order valence-electron chi connectivity index (χ4n) is 4.43. The van der Waals surface area contributed by atoms with Crippen LogP contribution in [0.2, 0.25) is 0 Å². The number of fused-ring (bicyclic) bond motifs is 2. The van der Waals surface area contributed by atoms with Crippen LogP contribution in [0.25, 0.3) is 0 Å². The minimum absolute atomic E-state index is 0.672. The molecule has 0 spiro atoms. The number of piperidine rings is 2. The number of hydrogen-bond acceptors (Lipinski definition) is 2. The molecule has 1 N–H and O–H groups in total. The number of nitrogens with one attached hydrogen (secondary N) is 1. The zero-order chi connectivity index (χ0) is 13.9. The Bertz CT molecular complexity index is 403. The molecular weight excluding hydrogens is 244 g/mol. The van der Waals surface area contributed by atoms with Gasteiger partial charge in [0.15, 0.2) is 0 Å². The minimum atomic E-state index is 0.672. The summed E-state index contributed by atoms with van der Waals surface area (Å²) in [5.74, 6) is 0. The summed E-state index contributed by atoms with van der Waals surface area (Å²) >= 11 is 0. The van der Waals surface area contributed by atoms with Gasteiger partial charge in [0.2, 0.25) is 0 Å². The van der Waals surface area contributed by atoms with Crippen LogP contribution in [-0.4, -0.2) is 36.1 Å². The average Bonchev–Trinajstić information content (AvgIpc) is 2.46. The van der Waals surface area contributed by atoms with Gasteiger partial charge in [0.05, 0.1) is 0 Å². The molecule has 0 radical (unpaired) electrons. The molecule has 0 saturated carbocycles. The number of rotatable bonds is 4. The van der Waals surface area contributed by atoms with Crippen LogP contribution in [-0.2, 0) is 6.42 Å². The van der Waals surface area contributed by atoms with Crippen molar-refractivity contribution in [2.75, 3.05) is 7.05 Å². The molecule has 2 saturated heterocycles. The van der Waals surface area contributed by atoms with Crippen LogP contribution in [0.5, 0.6) is 0 Å². The van der Waals surface area contributed by atoms with Crippen LogP contribution in [0.15, 0.2) is 30.3 Å². The van der Waals surface area contributed by atoms with Crippen molar-refractivity contribution in [1.82, 2.24) is 10.2 Å². The van der Waals surface area contributed by atoms with E-state index in [9.17, 15) is 0 Å². The maximum absolute atomic E-state index is 3.52. The third-order valence-corrected chi connectivity index (χ3v) is 5.32. The molecule has 3 rings (SSSR count). The van der Waals surface area contributed by atoms with E-state index in [0.717, 1.165) is 18.1 Å². The lowest BCUT2D eigenvalue weighted by molar-refractivity contribution is -0.00403. The van der Waals surface area contributed by atoms with Gasteiger partial charge in [-0.25, -0.2) is 0 Å². The van der Waals surface area contributed by atoms with Gasteiger partial charge in [-0.3, -0.25) is 4.90 Å².